The Morgan fingerprint density at radius 2 is 1.97 bits per heavy atom. The second-order valence-electron chi connectivity index (χ2n) is 9.57. The molecule has 1 unspecified atom stereocenters. The third-order valence-corrected chi connectivity index (χ3v) is 7.19. The molecular weight excluding hydrogens is 487 g/mol. The fraction of sp³-hybridized carbons (Fsp3) is 0.500. The van der Waals surface area contributed by atoms with E-state index in [9.17, 15) is 22.8 Å². The van der Waals surface area contributed by atoms with Crippen molar-refractivity contribution < 1.29 is 27.5 Å². The zero-order valence-electron chi connectivity index (χ0n) is 21.0. The number of pyridine rings is 2. The molecule has 1 atom stereocenters. The second kappa shape index (κ2) is 10.5. The highest BCUT2D eigenvalue weighted by Gasteiger charge is 2.51. The number of carbonyl (C=O) groups excluding carboxylic acids is 2. The van der Waals surface area contributed by atoms with Gasteiger partial charge in [-0.05, 0) is 49.9 Å². The summed E-state index contributed by atoms with van der Waals surface area (Å²) in [6.07, 6.45) is 2.90. The van der Waals surface area contributed by atoms with E-state index in [1.165, 1.54) is 0 Å². The number of carbonyl (C=O) groups is 2. The number of hydrogen-bond donors (Lipinski definition) is 1. The quantitative estimate of drug-likeness (QED) is 0.528. The van der Waals surface area contributed by atoms with Crippen LogP contribution in [0.1, 0.15) is 57.1 Å². The number of amides is 1. The molecule has 1 saturated carbocycles. The van der Waals surface area contributed by atoms with E-state index in [4.69, 9.17) is 4.74 Å². The normalized spacial score (nSPS) is 23.2. The molecule has 0 radical (unpaired) electrons. The average molecular weight is 518 g/mol. The van der Waals surface area contributed by atoms with Gasteiger partial charge in [-0.2, -0.15) is 18.3 Å². The maximum atomic E-state index is 12.3. The summed E-state index contributed by atoms with van der Waals surface area (Å²) >= 11 is 0. The monoisotopic (exact) mass is 517 g/mol. The zero-order chi connectivity index (χ0) is 26.8. The van der Waals surface area contributed by atoms with Crippen LogP contribution in [-0.4, -0.2) is 61.6 Å². The number of hydrogen-bond acceptors (Lipinski definition) is 6. The van der Waals surface area contributed by atoms with Crippen molar-refractivity contribution in [1.29, 1.82) is 0 Å². The molecule has 2 fully saturated rings. The summed E-state index contributed by atoms with van der Waals surface area (Å²) in [5, 5.41) is 6.82. The number of aromatic nitrogens is 4. The Bertz CT molecular complexity index is 1270. The van der Waals surface area contributed by atoms with Gasteiger partial charge in [-0.1, -0.05) is 6.92 Å². The lowest BCUT2D eigenvalue weighted by Gasteiger charge is -2.46. The number of ketones is 1. The lowest BCUT2D eigenvalue weighted by molar-refractivity contribution is -0.182. The number of Topliss-reactive ketones (excluding diaryl/α,β-unsaturated/α-hetero) is 1. The van der Waals surface area contributed by atoms with Crippen LogP contribution in [0.25, 0.3) is 11.0 Å². The van der Waals surface area contributed by atoms with E-state index in [2.05, 4.69) is 20.2 Å². The highest BCUT2D eigenvalue weighted by Crippen LogP contribution is 2.47. The van der Waals surface area contributed by atoms with Crippen molar-refractivity contribution in [2.45, 2.75) is 76.6 Å². The molecule has 2 aliphatic rings. The Kier molecular flexibility index (Phi) is 7.52. The van der Waals surface area contributed by atoms with Gasteiger partial charge in [0.25, 0.3) is 0 Å². The van der Waals surface area contributed by atoms with Gasteiger partial charge < -0.3 is 9.64 Å². The number of aromatic amines is 1. The van der Waals surface area contributed by atoms with Crippen LogP contribution in [0.3, 0.4) is 0 Å². The van der Waals surface area contributed by atoms with Crippen molar-refractivity contribution in [3.63, 3.8) is 0 Å². The van der Waals surface area contributed by atoms with Gasteiger partial charge in [-0.15, -0.1) is 0 Å². The van der Waals surface area contributed by atoms with Crippen LogP contribution in [0.4, 0.5) is 13.2 Å². The van der Waals surface area contributed by atoms with Crippen molar-refractivity contribution >= 4 is 22.7 Å². The van der Waals surface area contributed by atoms with Crippen molar-refractivity contribution in [2.24, 2.45) is 0 Å². The lowest BCUT2D eigenvalue weighted by atomic mass is 9.60. The zero-order valence-corrected chi connectivity index (χ0v) is 21.0. The minimum Gasteiger partial charge on any atom is -0.474 e. The number of H-pyrrole nitrogens is 1. The third-order valence-electron chi connectivity index (χ3n) is 7.19. The van der Waals surface area contributed by atoms with E-state index in [1.54, 1.807) is 26.2 Å². The smallest absolute Gasteiger partial charge is 0.408 e. The topological polar surface area (TPSA) is 101 Å². The molecule has 4 heterocycles. The summed E-state index contributed by atoms with van der Waals surface area (Å²) in [6.45, 7) is 5.49. The molecule has 0 bridgehead atoms. The number of likely N-dealkylation sites (tertiary alicyclic amines) is 1. The van der Waals surface area contributed by atoms with E-state index >= 15 is 0 Å². The summed E-state index contributed by atoms with van der Waals surface area (Å²) in [4.78, 5) is 33.0. The highest BCUT2D eigenvalue weighted by molar-refractivity contribution is 5.89. The first-order valence-corrected chi connectivity index (χ1v) is 12.3. The fourth-order valence-electron chi connectivity index (χ4n) is 5.12. The molecule has 3 aromatic rings. The number of ether oxygens (including phenoxy) is 1. The predicted molar refractivity (Wildman–Crippen MR) is 130 cm³/mol. The summed E-state index contributed by atoms with van der Waals surface area (Å²) < 4.78 is 42.9. The first-order chi connectivity index (χ1) is 17.5. The van der Waals surface area contributed by atoms with Crippen LogP contribution in [0.2, 0.25) is 0 Å². The average Bonchev–Trinajstić information content (AvgIpc) is 3.51. The molecule has 5 rings (SSSR count). The van der Waals surface area contributed by atoms with Crippen LogP contribution in [-0.2, 0) is 15.0 Å². The van der Waals surface area contributed by atoms with Gasteiger partial charge in [0, 0.05) is 44.3 Å². The Labute approximate surface area is 212 Å². The second-order valence-corrected chi connectivity index (χ2v) is 9.57. The van der Waals surface area contributed by atoms with Crippen molar-refractivity contribution in [3.8, 4) is 5.88 Å². The minimum atomic E-state index is -4.26. The fourth-order valence-corrected chi connectivity index (χ4v) is 5.12. The molecule has 1 aliphatic carbocycles. The summed E-state index contributed by atoms with van der Waals surface area (Å²) in [7, 11) is 0. The number of alkyl halides is 3. The Morgan fingerprint density at radius 1 is 1.22 bits per heavy atom. The number of aryl methyl sites for hydroxylation is 1. The molecule has 37 heavy (non-hydrogen) atoms. The Balaban J connectivity index is 0.000000209. The summed E-state index contributed by atoms with van der Waals surface area (Å²) in [6, 6.07) is 4.12. The molecule has 0 aromatic carbocycles. The summed E-state index contributed by atoms with van der Waals surface area (Å²) in [5.74, 6) is 0.325. The largest absolute Gasteiger partial charge is 0.474 e. The number of fused-ring (bicyclic) bond motifs is 1. The van der Waals surface area contributed by atoms with E-state index in [1.807, 2.05) is 31.3 Å². The molecule has 11 heteroatoms. The van der Waals surface area contributed by atoms with Crippen LogP contribution in [0.15, 0.2) is 36.8 Å². The van der Waals surface area contributed by atoms with Gasteiger partial charge in [-0.3, -0.25) is 19.7 Å². The first-order valence-electron chi connectivity index (χ1n) is 12.3. The highest BCUT2D eigenvalue weighted by atomic mass is 19.4. The van der Waals surface area contributed by atoms with Gasteiger partial charge in [0.2, 0.25) is 11.8 Å². The van der Waals surface area contributed by atoms with Crippen molar-refractivity contribution in [3.05, 3.63) is 47.9 Å². The van der Waals surface area contributed by atoms with E-state index in [0.717, 1.165) is 27.1 Å². The lowest BCUT2D eigenvalue weighted by Crippen LogP contribution is -2.52. The number of nitrogens with zero attached hydrogens (tertiary/aromatic N) is 4. The molecule has 1 saturated heterocycles. The first kappa shape index (κ1) is 26.6. The van der Waals surface area contributed by atoms with Gasteiger partial charge in [0.15, 0.2) is 0 Å². The molecule has 1 N–H and O–H groups in total. The Morgan fingerprint density at radius 3 is 2.62 bits per heavy atom. The number of rotatable bonds is 5. The molecule has 1 aliphatic heterocycles. The Hall–Kier alpha value is -3.50. The van der Waals surface area contributed by atoms with Gasteiger partial charge in [0.05, 0.1) is 17.1 Å². The van der Waals surface area contributed by atoms with Gasteiger partial charge in [-0.25, -0.2) is 4.98 Å². The van der Waals surface area contributed by atoms with E-state index in [0.29, 0.717) is 25.1 Å². The number of halogens is 3. The molecule has 3 aromatic heterocycles. The van der Waals surface area contributed by atoms with Crippen molar-refractivity contribution in [2.75, 3.05) is 6.54 Å². The SMILES string of the molecule is CC(=O)C1(c2cnccc2C)CC(Oc2ccc3[nH]ncc3n2)C1.CCC(=O)N1CCCC1C(F)(F)F. The minimum absolute atomic E-state index is 0.0228. The van der Waals surface area contributed by atoms with Crippen LogP contribution in [0.5, 0.6) is 5.88 Å². The third kappa shape index (κ3) is 5.45. The predicted octanol–water partition coefficient (Wildman–Crippen LogP) is 4.68. The van der Waals surface area contributed by atoms with Crippen LogP contribution >= 0.6 is 0 Å². The van der Waals surface area contributed by atoms with E-state index in [-0.39, 0.29) is 31.3 Å². The molecule has 0 spiro atoms. The molecule has 1 amide bonds. The molecule has 198 valence electrons. The van der Waals surface area contributed by atoms with Gasteiger partial charge in [0.1, 0.15) is 23.4 Å². The summed E-state index contributed by atoms with van der Waals surface area (Å²) in [5.41, 5.74) is 3.27. The standard InChI is InChI=1S/C18H18N4O2.C8H12F3NO/c1-11-5-6-19-9-14(11)18(12(2)23)7-13(8-18)24-17-4-3-15-16(21-17)10-20-22-15;1-2-7(13)12-5-3-4-6(12)8(9,10)11/h3-6,9-10,13H,7-8H2,1-2H3,(H,20,22);6H,2-5H2,1H3. The van der Waals surface area contributed by atoms with E-state index < -0.39 is 23.5 Å². The maximum absolute atomic E-state index is 12.3. The van der Waals surface area contributed by atoms with Crippen molar-refractivity contribution in [1.82, 2.24) is 25.1 Å². The maximum Gasteiger partial charge on any atom is 0.408 e. The van der Waals surface area contributed by atoms with Gasteiger partial charge >= 0.3 is 6.18 Å². The van der Waals surface area contributed by atoms with Crippen LogP contribution < -0.4 is 4.74 Å². The van der Waals surface area contributed by atoms with Crippen LogP contribution in [0, 0.1) is 6.92 Å². The molecular formula is C26H30F3N5O3. The molecule has 8 nitrogen and oxygen atoms in total. The number of nitrogens with one attached hydrogen (secondary N) is 1.